The Morgan fingerprint density at radius 1 is 0.296 bits per heavy atom. The summed E-state index contributed by atoms with van der Waals surface area (Å²) in [6.07, 6.45) is 84.9. The summed E-state index contributed by atoms with van der Waals surface area (Å²) in [6.45, 7) is 6.23. The Balaban J connectivity index is 4.67. The van der Waals surface area contributed by atoms with Crippen LogP contribution in [0.5, 0.6) is 0 Å². The molecule has 0 bridgehead atoms. The Hall–Kier alpha value is -5.23. The van der Waals surface area contributed by atoms with Crippen molar-refractivity contribution in [3.8, 4) is 0 Å². The van der Waals surface area contributed by atoms with Crippen molar-refractivity contribution in [2.75, 3.05) is 13.2 Å². The van der Waals surface area contributed by atoms with E-state index in [2.05, 4.69) is 179 Å². The quantitative estimate of drug-likeness (QED) is 0.0262. The van der Waals surface area contributed by atoms with Crippen molar-refractivity contribution in [2.45, 2.75) is 207 Å². The lowest BCUT2D eigenvalue weighted by Gasteiger charge is -2.18. The van der Waals surface area contributed by atoms with Crippen LogP contribution in [0, 0.1) is 0 Å². The smallest absolute Gasteiger partial charge is 0.306 e. The molecule has 0 fully saturated rings. The minimum absolute atomic E-state index is 0.147. The molecule has 0 aromatic carbocycles. The molecule has 0 aromatic rings. The summed E-state index contributed by atoms with van der Waals surface area (Å²) < 4.78 is 16.7. The predicted octanol–water partition coefficient (Wildman–Crippen LogP) is 18.8. The van der Waals surface area contributed by atoms with E-state index in [0.717, 1.165) is 122 Å². The van der Waals surface area contributed by atoms with E-state index in [1.54, 1.807) is 0 Å². The topological polar surface area (TPSA) is 78.9 Å². The average Bonchev–Trinajstić information content (AvgIpc) is 3.37. The highest BCUT2D eigenvalue weighted by Gasteiger charge is 2.19. The second-order valence-electron chi connectivity index (χ2n) is 17.4. The van der Waals surface area contributed by atoms with E-state index < -0.39 is 12.1 Å². The molecule has 0 saturated heterocycles. The van der Waals surface area contributed by atoms with Crippen molar-refractivity contribution < 1.29 is 28.6 Å². The first kappa shape index (κ1) is 65.8. The van der Waals surface area contributed by atoms with E-state index >= 15 is 0 Å². The molecule has 71 heavy (non-hydrogen) atoms. The lowest BCUT2D eigenvalue weighted by molar-refractivity contribution is -0.166. The maximum Gasteiger partial charge on any atom is 0.306 e. The molecule has 0 spiro atoms. The van der Waals surface area contributed by atoms with Gasteiger partial charge in [-0.15, -0.1) is 0 Å². The molecule has 0 aliphatic carbocycles. The maximum absolute atomic E-state index is 12.8. The Morgan fingerprint density at radius 3 is 0.915 bits per heavy atom. The molecule has 0 rings (SSSR count). The standard InChI is InChI=1S/C65H98O6/c1-4-7-10-13-16-19-22-25-28-30-32-34-37-40-43-46-49-52-55-58-64(67)70-61-62(60-69-63(66)57-54-51-48-45-42-39-36-27-24-21-18-15-12-9-6-3)71-65(68)59-56-53-50-47-44-41-38-35-33-31-29-26-23-20-17-14-11-8-5-2/h7,9-10,12,16-21,25-29,32-36,40-45,50,53,62H,4-6,8,11,13-15,22-24,30-31,37-39,46-49,51-52,54-61H2,1-3H3/b10-7-,12-9-,19-16-,20-17-,21-18-,28-25-,29-26-,34-32-,35-33-,36-27-,43-40-,44-41-,45-42-,53-50-/t62-/m0/s1. The summed E-state index contributed by atoms with van der Waals surface area (Å²) in [7, 11) is 0. The van der Waals surface area contributed by atoms with Gasteiger partial charge in [0.25, 0.3) is 0 Å². The van der Waals surface area contributed by atoms with Crippen LogP contribution in [0.4, 0.5) is 0 Å². The van der Waals surface area contributed by atoms with Gasteiger partial charge in [0.05, 0.1) is 0 Å². The number of carbonyl (C=O) groups is 3. The van der Waals surface area contributed by atoms with Crippen molar-refractivity contribution >= 4 is 17.9 Å². The van der Waals surface area contributed by atoms with Crippen LogP contribution in [-0.2, 0) is 28.6 Å². The van der Waals surface area contributed by atoms with Gasteiger partial charge < -0.3 is 14.2 Å². The molecular weight excluding hydrogens is 877 g/mol. The van der Waals surface area contributed by atoms with Crippen molar-refractivity contribution in [1.82, 2.24) is 0 Å². The molecule has 0 saturated carbocycles. The second-order valence-corrected chi connectivity index (χ2v) is 17.4. The second kappa shape index (κ2) is 57.3. The summed E-state index contributed by atoms with van der Waals surface area (Å²) in [6, 6.07) is 0. The van der Waals surface area contributed by atoms with Gasteiger partial charge in [0, 0.05) is 19.3 Å². The van der Waals surface area contributed by atoms with Crippen LogP contribution in [0.15, 0.2) is 170 Å². The van der Waals surface area contributed by atoms with Crippen LogP contribution in [0.25, 0.3) is 0 Å². The molecule has 0 N–H and O–H groups in total. The molecule has 0 aromatic heterocycles. The molecule has 6 nitrogen and oxygen atoms in total. The molecule has 0 unspecified atom stereocenters. The SMILES string of the molecule is CC/C=C\C/C=C\C/C=C\C/C=C\C/C=C\CCCCCC(=O)OC[C@H](COC(=O)CCCC/C=C\C/C=C\C/C=C\C/C=C\CC)OC(=O)CC/C=C\C/C=C\C/C=C\C/C=C\C/C=C\CCCCC. The van der Waals surface area contributed by atoms with Gasteiger partial charge in [-0.3, -0.25) is 14.4 Å². The Kier molecular flexibility index (Phi) is 53.1. The number of esters is 3. The van der Waals surface area contributed by atoms with Crippen molar-refractivity contribution in [3.05, 3.63) is 170 Å². The monoisotopic (exact) mass is 975 g/mol. The molecule has 394 valence electrons. The van der Waals surface area contributed by atoms with Crippen LogP contribution < -0.4 is 0 Å². The van der Waals surface area contributed by atoms with Crippen LogP contribution in [0.3, 0.4) is 0 Å². The molecule has 1 atom stereocenters. The summed E-state index contributed by atoms with van der Waals surface area (Å²) in [4.78, 5) is 38.1. The van der Waals surface area contributed by atoms with Gasteiger partial charge in [-0.05, 0) is 141 Å². The number of ether oxygens (including phenoxy) is 3. The molecule has 0 aliphatic heterocycles. The minimum Gasteiger partial charge on any atom is -0.462 e. The van der Waals surface area contributed by atoms with Crippen molar-refractivity contribution in [2.24, 2.45) is 0 Å². The molecule has 0 amide bonds. The van der Waals surface area contributed by atoms with E-state index in [-0.39, 0.29) is 44.4 Å². The highest BCUT2D eigenvalue weighted by atomic mass is 16.6. The fourth-order valence-electron chi connectivity index (χ4n) is 6.62. The summed E-state index contributed by atoms with van der Waals surface area (Å²) in [5.74, 6) is -1.12. The number of allylic oxidation sites excluding steroid dienone is 28. The molecular formula is C65H98O6. The third kappa shape index (κ3) is 55.6. The first-order valence-electron chi connectivity index (χ1n) is 27.6. The number of unbranched alkanes of at least 4 members (excludes halogenated alkanes) is 8. The number of rotatable bonds is 47. The summed E-state index contributed by atoms with van der Waals surface area (Å²) >= 11 is 0. The average molecular weight is 975 g/mol. The van der Waals surface area contributed by atoms with Gasteiger partial charge >= 0.3 is 17.9 Å². The van der Waals surface area contributed by atoms with E-state index in [9.17, 15) is 14.4 Å². The number of hydrogen-bond donors (Lipinski definition) is 0. The first-order chi connectivity index (χ1) is 35.0. The Labute approximate surface area is 434 Å². The molecule has 0 radical (unpaired) electrons. The highest BCUT2D eigenvalue weighted by Crippen LogP contribution is 2.10. The number of hydrogen-bond acceptors (Lipinski definition) is 6. The van der Waals surface area contributed by atoms with Gasteiger partial charge in [0.2, 0.25) is 0 Å². The van der Waals surface area contributed by atoms with Gasteiger partial charge in [-0.1, -0.05) is 210 Å². The Bertz CT molecular complexity index is 1690. The molecule has 6 heteroatoms. The van der Waals surface area contributed by atoms with Gasteiger partial charge in [0.1, 0.15) is 13.2 Å². The predicted molar refractivity (Wildman–Crippen MR) is 306 cm³/mol. The Morgan fingerprint density at radius 2 is 0.577 bits per heavy atom. The van der Waals surface area contributed by atoms with Crippen LogP contribution in [0.2, 0.25) is 0 Å². The van der Waals surface area contributed by atoms with Crippen LogP contribution in [0.1, 0.15) is 201 Å². The van der Waals surface area contributed by atoms with Gasteiger partial charge in [-0.2, -0.15) is 0 Å². The van der Waals surface area contributed by atoms with Crippen LogP contribution >= 0.6 is 0 Å². The molecule has 0 aliphatic rings. The third-order valence-electron chi connectivity index (χ3n) is 10.7. The van der Waals surface area contributed by atoms with E-state index in [4.69, 9.17) is 14.2 Å². The fourth-order valence-corrected chi connectivity index (χ4v) is 6.62. The minimum atomic E-state index is -0.859. The summed E-state index contributed by atoms with van der Waals surface area (Å²) in [5, 5.41) is 0. The van der Waals surface area contributed by atoms with Crippen molar-refractivity contribution in [1.29, 1.82) is 0 Å². The zero-order valence-corrected chi connectivity index (χ0v) is 44.9. The fraction of sp³-hybridized carbons (Fsp3) is 0.523. The first-order valence-corrected chi connectivity index (χ1v) is 27.6. The van der Waals surface area contributed by atoms with E-state index in [0.29, 0.717) is 12.8 Å². The third-order valence-corrected chi connectivity index (χ3v) is 10.7. The number of carbonyl (C=O) groups excluding carboxylic acids is 3. The van der Waals surface area contributed by atoms with E-state index in [1.807, 2.05) is 12.2 Å². The van der Waals surface area contributed by atoms with Crippen LogP contribution in [-0.4, -0.2) is 37.2 Å². The zero-order chi connectivity index (χ0) is 51.4. The van der Waals surface area contributed by atoms with Crippen molar-refractivity contribution in [3.63, 3.8) is 0 Å². The van der Waals surface area contributed by atoms with E-state index in [1.165, 1.54) is 25.7 Å². The zero-order valence-electron chi connectivity index (χ0n) is 44.9. The maximum atomic E-state index is 12.8. The summed E-state index contributed by atoms with van der Waals surface area (Å²) in [5.41, 5.74) is 0. The van der Waals surface area contributed by atoms with Gasteiger partial charge in [-0.25, -0.2) is 0 Å². The lowest BCUT2D eigenvalue weighted by Crippen LogP contribution is -2.30. The van der Waals surface area contributed by atoms with Gasteiger partial charge in [0.15, 0.2) is 6.10 Å². The highest BCUT2D eigenvalue weighted by molar-refractivity contribution is 5.71. The largest absolute Gasteiger partial charge is 0.462 e. The normalized spacial score (nSPS) is 13.5. The molecule has 0 heterocycles. The lowest BCUT2D eigenvalue weighted by atomic mass is 10.1.